The van der Waals surface area contributed by atoms with Gasteiger partial charge in [0.05, 0.1) is 17.9 Å². The smallest absolute Gasteiger partial charge is 0.341 e. The van der Waals surface area contributed by atoms with Crippen molar-refractivity contribution >= 4 is 46.2 Å². The zero-order chi connectivity index (χ0) is 25.4. The van der Waals surface area contributed by atoms with Crippen LogP contribution in [0.5, 0.6) is 5.88 Å². The molecule has 0 unspecified atom stereocenters. The van der Waals surface area contributed by atoms with Gasteiger partial charge in [0.15, 0.2) is 5.65 Å². The second-order valence-electron chi connectivity index (χ2n) is 8.01. The number of amides is 1. The summed E-state index contributed by atoms with van der Waals surface area (Å²) < 4.78 is 10.8. The summed E-state index contributed by atoms with van der Waals surface area (Å²) in [5.41, 5.74) is -0.0998. The Balaban J connectivity index is 1.37. The molecule has 4 aromatic heterocycles. The molecule has 0 bridgehead atoms. The van der Waals surface area contributed by atoms with E-state index in [9.17, 15) is 19.5 Å². The number of nitrogens with one attached hydrogen (secondary N) is 1. The highest BCUT2D eigenvalue weighted by molar-refractivity contribution is 7.08. The highest BCUT2D eigenvalue weighted by Crippen LogP contribution is 2.27. The Kier molecular flexibility index (Phi) is 6.01. The molecule has 36 heavy (non-hydrogen) atoms. The number of pyridine rings is 2. The first kappa shape index (κ1) is 23.3. The van der Waals surface area contributed by atoms with E-state index >= 15 is 0 Å². The third-order valence-corrected chi connectivity index (χ3v) is 6.22. The van der Waals surface area contributed by atoms with Crippen molar-refractivity contribution in [1.82, 2.24) is 28.9 Å². The lowest BCUT2D eigenvalue weighted by Crippen LogP contribution is -2.52. The second kappa shape index (κ2) is 9.30. The van der Waals surface area contributed by atoms with E-state index in [1.807, 2.05) is 11.8 Å². The van der Waals surface area contributed by atoms with Gasteiger partial charge in [-0.3, -0.25) is 19.5 Å². The van der Waals surface area contributed by atoms with Gasteiger partial charge in [0.1, 0.15) is 17.7 Å². The number of rotatable bonds is 7. The molecule has 1 amide bonds. The monoisotopic (exact) mass is 508 g/mol. The summed E-state index contributed by atoms with van der Waals surface area (Å²) in [7, 11) is 0. The number of carboxylic acids is 1. The number of nitrogens with zero attached hydrogens (tertiary/aromatic N) is 7. The van der Waals surface area contributed by atoms with E-state index < -0.39 is 17.0 Å². The molecule has 2 N–H and O–H groups in total. The molecule has 0 atom stereocenters. The van der Waals surface area contributed by atoms with E-state index in [-0.39, 0.29) is 28.8 Å². The lowest BCUT2D eigenvalue weighted by atomic mass is 9.99. The van der Waals surface area contributed by atoms with Crippen LogP contribution in [0, 0.1) is 12.8 Å². The fraction of sp³-hybridized carbons (Fsp3) is 0.273. The highest BCUT2D eigenvalue weighted by Gasteiger charge is 2.34. The Morgan fingerprint density at radius 3 is 2.75 bits per heavy atom. The lowest BCUT2D eigenvalue weighted by molar-refractivity contribution is -0.120. The van der Waals surface area contributed by atoms with E-state index in [1.54, 1.807) is 19.1 Å². The highest BCUT2D eigenvalue weighted by atomic mass is 32.1. The van der Waals surface area contributed by atoms with Crippen LogP contribution in [0.2, 0.25) is 0 Å². The van der Waals surface area contributed by atoms with Crippen LogP contribution in [0.4, 0.5) is 11.8 Å². The molecule has 14 heteroatoms. The zero-order valence-electron chi connectivity index (χ0n) is 19.2. The number of carbonyl (C=O) groups excluding carboxylic acids is 1. The average molecular weight is 509 g/mol. The standard InChI is InChI=1S/C22H20N8O5S/c1-3-35-16-6-11(2)25-21(27-16)28-19(32)12-7-29(8-12)15-5-4-13-17(31)14(20(33)34)9-30(18(13)26-15)22-23-10-24-36-22/h4-6,9-10,12H,3,7-8H2,1-2H3,(H,33,34)(H,25,27,28,32). The summed E-state index contributed by atoms with van der Waals surface area (Å²) in [4.78, 5) is 56.1. The van der Waals surface area contributed by atoms with Crippen molar-refractivity contribution in [3.63, 3.8) is 0 Å². The fourth-order valence-electron chi connectivity index (χ4n) is 3.80. The molecule has 5 rings (SSSR count). The first-order chi connectivity index (χ1) is 17.3. The van der Waals surface area contributed by atoms with Gasteiger partial charge in [-0.25, -0.2) is 19.7 Å². The molecule has 1 aliphatic rings. The number of carboxylic acid groups (broad SMARTS) is 1. The molecular weight excluding hydrogens is 488 g/mol. The first-order valence-corrected chi connectivity index (χ1v) is 11.7. The first-order valence-electron chi connectivity index (χ1n) is 10.9. The molecule has 5 heterocycles. The van der Waals surface area contributed by atoms with Gasteiger partial charge in [-0.15, -0.1) is 0 Å². The number of hydrogen-bond donors (Lipinski definition) is 2. The summed E-state index contributed by atoms with van der Waals surface area (Å²) in [5.74, 6) is -0.771. The largest absolute Gasteiger partial charge is 0.478 e. The Hall–Kier alpha value is -4.46. The van der Waals surface area contributed by atoms with Gasteiger partial charge in [0.2, 0.25) is 28.3 Å². The number of fused-ring (bicyclic) bond motifs is 1. The zero-order valence-corrected chi connectivity index (χ0v) is 20.0. The molecule has 184 valence electrons. The summed E-state index contributed by atoms with van der Waals surface area (Å²) in [6.07, 6.45) is 2.54. The van der Waals surface area contributed by atoms with Gasteiger partial charge in [0, 0.05) is 42.6 Å². The van der Waals surface area contributed by atoms with Gasteiger partial charge in [-0.05, 0) is 26.0 Å². The van der Waals surface area contributed by atoms with Crippen molar-refractivity contribution in [2.24, 2.45) is 5.92 Å². The summed E-state index contributed by atoms with van der Waals surface area (Å²) in [6, 6.07) is 4.86. The van der Waals surface area contributed by atoms with E-state index in [0.717, 1.165) is 11.5 Å². The molecule has 0 spiro atoms. The lowest BCUT2D eigenvalue weighted by Gasteiger charge is -2.39. The van der Waals surface area contributed by atoms with Crippen LogP contribution < -0.4 is 20.4 Å². The average Bonchev–Trinajstić information content (AvgIpc) is 3.32. The third kappa shape index (κ3) is 4.33. The molecule has 0 aromatic carbocycles. The van der Waals surface area contributed by atoms with E-state index in [0.29, 0.717) is 42.2 Å². The Bertz CT molecular complexity index is 1530. The molecule has 1 saturated heterocycles. The topological polar surface area (TPSA) is 165 Å². The summed E-state index contributed by atoms with van der Waals surface area (Å²) in [5, 5.41) is 12.7. The summed E-state index contributed by atoms with van der Waals surface area (Å²) >= 11 is 1.04. The molecule has 0 saturated carbocycles. The maximum atomic E-state index is 12.7. The predicted octanol–water partition coefficient (Wildman–Crippen LogP) is 1.51. The van der Waals surface area contributed by atoms with E-state index in [1.165, 1.54) is 23.2 Å². The molecule has 13 nitrogen and oxygen atoms in total. The molecule has 0 radical (unpaired) electrons. The van der Waals surface area contributed by atoms with Crippen LogP contribution in [0.1, 0.15) is 23.0 Å². The Morgan fingerprint density at radius 1 is 1.25 bits per heavy atom. The number of aromatic nitrogens is 6. The number of carbonyl (C=O) groups is 2. The van der Waals surface area contributed by atoms with Crippen molar-refractivity contribution in [1.29, 1.82) is 0 Å². The van der Waals surface area contributed by atoms with Gasteiger partial charge in [-0.1, -0.05) is 0 Å². The van der Waals surface area contributed by atoms with Crippen LogP contribution in [-0.2, 0) is 4.79 Å². The van der Waals surface area contributed by atoms with E-state index in [4.69, 9.17) is 4.74 Å². The quantitative estimate of drug-likeness (QED) is 0.371. The van der Waals surface area contributed by atoms with Crippen LogP contribution in [0.25, 0.3) is 16.2 Å². The normalized spacial score (nSPS) is 13.4. The molecular formula is C22H20N8O5S. The SMILES string of the molecule is CCOc1cc(C)nc(NC(=O)C2CN(c3ccc4c(=O)c(C(=O)O)cn(-c5ncns5)c4n3)C2)n1. The minimum absolute atomic E-state index is 0.144. The van der Waals surface area contributed by atoms with Gasteiger partial charge >= 0.3 is 5.97 Å². The van der Waals surface area contributed by atoms with Gasteiger partial charge in [-0.2, -0.15) is 9.36 Å². The van der Waals surface area contributed by atoms with Crippen LogP contribution >= 0.6 is 11.5 Å². The predicted molar refractivity (Wildman–Crippen MR) is 130 cm³/mol. The number of anilines is 2. The van der Waals surface area contributed by atoms with Crippen LogP contribution in [0.3, 0.4) is 0 Å². The van der Waals surface area contributed by atoms with Crippen molar-refractivity contribution in [3.8, 4) is 11.0 Å². The second-order valence-corrected chi connectivity index (χ2v) is 8.77. The van der Waals surface area contributed by atoms with E-state index in [2.05, 4.69) is 29.6 Å². The van der Waals surface area contributed by atoms with Crippen LogP contribution in [0.15, 0.2) is 35.5 Å². The molecule has 0 aliphatic carbocycles. The number of ether oxygens (including phenoxy) is 1. The number of aromatic carboxylic acids is 1. The fourth-order valence-corrected chi connectivity index (χ4v) is 4.31. The maximum Gasteiger partial charge on any atom is 0.341 e. The number of aryl methyl sites for hydroxylation is 1. The summed E-state index contributed by atoms with van der Waals surface area (Å²) in [6.45, 7) is 4.87. The molecule has 4 aromatic rings. The minimum atomic E-state index is -1.34. The van der Waals surface area contributed by atoms with Crippen molar-refractivity contribution in [2.75, 3.05) is 29.9 Å². The Morgan fingerprint density at radius 2 is 2.06 bits per heavy atom. The molecule has 1 aliphatic heterocycles. The van der Waals surface area contributed by atoms with Gasteiger partial charge in [0.25, 0.3) is 0 Å². The minimum Gasteiger partial charge on any atom is -0.478 e. The van der Waals surface area contributed by atoms with Gasteiger partial charge < -0.3 is 14.7 Å². The number of hydrogen-bond acceptors (Lipinski definition) is 11. The Labute approximate surface area is 207 Å². The molecule has 1 fully saturated rings. The third-order valence-electron chi connectivity index (χ3n) is 5.56. The van der Waals surface area contributed by atoms with Crippen molar-refractivity contribution < 1.29 is 19.4 Å². The van der Waals surface area contributed by atoms with Crippen molar-refractivity contribution in [2.45, 2.75) is 13.8 Å². The maximum absolute atomic E-state index is 12.7. The van der Waals surface area contributed by atoms with Crippen LogP contribution in [-0.4, -0.2) is 65.6 Å². The van der Waals surface area contributed by atoms with Crippen molar-refractivity contribution in [3.05, 3.63) is 52.2 Å².